The van der Waals surface area contributed by atoms with Crippen molar-refractivity contribution in [3.05, 3.63) is 34.2 Å². The third-order valence-electron chi connectivity index (χ3n) is 2.70. The van der Waals surface area contributed by atoms with Crippen molar-refractivity contribution >= 4 is 5.91 Å². The summed E-state index contributed by atoms with van der Waals surface area (Å²) in [7, 11) is 1.63. The molecule has 0 aliphatic carbocycles. The predicted octanol–water partition coefficient (Wildman–Crippen LogP) is 0.617. The van der Waals surface area contributed by atoms with Gasteiger partial charge < -0.3 is 14.6 Å². The highest BCUT2D eigenvalue weighted by Gasteiger charge is 2.20. The lowest BCUT2D eigenvalue weighted by molar-refractivity contribution is 0.0578. The average Bonchev–Trinajstić information content (AvgIpc) is 2.28. The second-order valence-electron chi connectivity index (χ2n) is 4.76. The molecule has 0 aliphatic rings. The number of carbonyl (C=O) groups excluding carboxylic acids is 1. The van der Waals surface area contributed by atoms with E-state index in [4.69, 9.17) is 0 Å². The Hall–Kier alpha value is -1.62. The molecule has 0 aromatic carbocycles. The molecule has 1 atom stereocenters. The number of hydrogen-bond donors (Lipinski definition) is 1. The van der Waals surface area contributed by atoms with Gasteiger partial charge in [0.25, 0.3) is 11.5 Å². The predicted molar refractivity (Wildman–Crippen MR) is 69.5 cm³/mol. The van der Waals surface area contributed by atoms with Crippen molar-refractivity contribution < 1.29 is 9.90 Å². The lowest BCUT2D eigenvalue weighted by atomic mass is 10.2. The summed E-state index contributed by atoms with van der Waals surface area (Å²) in [6, 6.07) is 2.90. The number of rotatable bonds is 4. The van der Waals surface area contributed by atoms with Crippen LogP contribution in [0.2, 0.25) is 0 Å². The van der Waals surface area contributed by atoms with Gasteiger partial charge in [0.15, 0.2) is 0 Å². The molecule has 0 fully saturated rings. The van der Waals surface area contributed by atoms with Crippen molar-refractivity contribution in [1.82, 2.24) is 9.47 Å². The number of amides is 1. The topological polar surface area (TPSA) is 62.5 Å². The van der Waals surface area contributed by atoms with Gasteiger partial charge in [0.1, 0.15) is 0 Å². The summed E-state index contributed by atoms with van der Waals surface area (Å²) >= 11 is 0. The Bertz CT molecular complexity index is 477. The molecule has 5 nitrogen and oxygen atoms in total. The highest BCUT2D eigenvalue weighted by atomic mass is 16.3. The summed E-state index contributed by atoms with van der Waals surface area (Å²) < 4.78 is 1.41. The molecule has 100 valence electrons. The van der Waals surface area contributed by atoms with Crippen LogP contribution in [0, 0.1) is 0 Å². The van der Waals surface area contributed by atoms with Crippen molar-refractivity contribution in [1.29, 1.82) is 0 Å². The molecule has 0 bridgehead atoms. The molecule has 1 unspecified atom stereocenters. The molecule has 5 heteroatoms. The van der Waals surface area contributed by atoms with E-state index in [1.54, 1.807) is 31.1 Å². The van der Waals surface area contributed by atoms with Crippen LogP contribution in [-0.2, 0) is 7.05 Å². The number of aliphatic hydroxyl groups is 1. The number of hydrogen-bond acceptors (Lipinski definition) is 3. The van der Waals surface area contributed by atoms with Gasteiger partial charge in [-0.1, -0.05) is 0 Å². The summed E-state index contributed by atoms with van der Waals surface area (Å²) in [5.74, 6) is -0.233. The Morgan fingerprint density at radius 2 is 2.06 bits per heavy atom. The molecule has 0 saturated heterocycles. The quantitative estimate of drug-likeness (QED) is 0.854. The van der Waals surface area contributed by atoms with Gasteiger partial charge in [0.05, 0.1) is 6.10 Å². The average molecular weight is 252 g/mol. The van der Waals surface area contributed by atoms with Gasteiger partial charge in [0.2, 0.25) is 0 Å². The molecular formula is C13H20N2O3. The Labute approximate surface area is 107 Å². The van der Waals surface area contributed by atoms with Gasteiger partial charge in [-0.05, 0) is 26.8 Å². The van der Waals surface area contributed by atoms with Crippen LogP contribution in [0.15, 0.2) is 23.1 Å². The van der Waals surface area contributed by atoms with Crippen LogP contribution < -0.4 is 5.56 Å². The number of aliphatic hydroxyl groups excluding tert-OH is 1. The smallest absolute Gasteiger partial charge is 0.254 e. The summed E-state index contributed by atoms with van der Waals surface area (Å²) in [6.45, 7) is 5.64. The lowest BCUT2D eigenvalue weighted by Gasteiger charge is -2.28. The molecule has 0 saturated carbocycles. The SMILES string of the molecule is CC(O)CN(C(=O)c1ccn(C)c(=O)c1)C(C)C. The second kappa shape index (κ2) is 5.82. The third-order valence-corrected chi connectivity index (χ3v) is 2.70. The van der Waals surface area contributed by atoms with Crippen molar-refractivity contribution in [2.45, 2.75) is 32.9 Å². The second-order valence-corrected chi connectivity index (χ2v) is 4.76. The Kier molecular flexibility index (Phi) is 4.67. The minimum absolute atomic E-state index is 0.0313. The molecule has 0 radical (unpaired) electrons. The van der Waals surface area contributed by atoms with Crippen LogP contribution in [0.25, 0.3) is 0 Å². The first-order valence-corrected chi connectivity index (χ1v) is 5.98. The first kappa shape index (κ1) is 14.4. The fourth-order valence-electron chi connectivity index (χ4n) is 1.66. The Morgan fingerprint density at radius 3 is 2.50 bits per heavy atom. The largest absolute Gasteiger partial charge is 0.392 e. The van der Waals surface area contributed by atoms with Gasteiger partial charge in [-0.3, -0.25) is 9.59 Å². The van der Waals surface area contributed by atoms with E-state index >= 15 is 0 Å². The molecule has 1 rings (SSSR count). The van der Waals surface area contributed by atoms with Crippen molar-refractivity contribution in [2.75, 3.05) is 6.54 Å². The molecule has 1 aromatic heterocycles. The molecule has 18 heavy (non-hydrogen) atoms. The first-order chi connectivity index (χ1) is 8.32. The fraction of sp³-hybridized carbons (Fsp3) is 0.538. The van der Waals surface area contributed by atoms with E-state index in [0.29, 0.717) is 5.56 Å². The lowest BCUT2D eigenvalue weighted by Crippen LogP contribution is -2.41. The first-order valence-electron chi connectivity index (χ1n) is 5.98. The van der Waals surface area contributed by atoms with E-state index in [9.17, 15) is 14.7 Å². The molecular weight excluding hydrogens is 232 g/mol. The van der Waals surface area contributed by atoms with E-state index in [2.05, 4.69) is 0 Å². The van der Waals surface area contributed by atoms with Crippen molar-refractivity contribution in [2.24, 2.45) is 7.05 Å². The fourth-order valence-corrected chi connectivity index (χ4v) is 1.66. The van der Waals surface area contributed by atoms with E-state index in [-0.39, 0.29) is 24.1 Å². The molecule has 0 aliphatic heterocycles. The number of aromatic nitrogens is 1. The number of nitrogens with zero attached hydrogens (tertiary/aromatic N) is 2. The van der Waals surface area contributed by atoms with Gasteiger partial charge in [-0.15, -0.1) is 0 Å². The van der Waals surface area contributed by atoms with Crippen molar-refractivity contribution in [3.63, 3.8) is 0 Å². The van der Waals surface area contributed by atoms with Crippen LogP contribution >= 0.6 is 0 Å². The molecule has 1 heterocycles. The maximum absolute atomic E-state index is 12.3. The highest BCUT2D eigenvalue weighted by molar-refractivity contribution is 5.94. The molecule has 1 aromatic rings. The van der Waals surface area contributed by atoms with Crippen LogP contribution in [0.1, 0.15) is 31.1 Å². The Morgan fingerprint density at radius 1 is 1.44 bits per heavy atom. The van der Waals surface area contributed by atoms with E-state index in [1.165, 1.54) is 10.6 Å². The van der Waals surface area contributed by atoms with Crippen molar-refractivity contribution in [3.8, 4) is 0 Å². The summed E-state index contributed by atoms with van der Waals surface area (Å²) in [5.41, 5.74) is 0.133. The van der Waals surface area contributed by atoms with Gasteiger partial charge in [-0.2, -0.15) is 0 Å². The zero-order chi connectivity index (χ0) is 13.9. The summed E-state index contributed by atoms with van der Waals surface area (Å²) in [5, 5.41) is 9.41. The molecule has 1 amide bonds. The van der Waals surface area contributed by atoms with E-state index in [1.807, 2.05) is 13.8 Å². The number of pyridine rings is 1. The minimum atomic E-state index is -0.595. The van der Waals surface area contributed by atoms with Crippen LogP contribution in [-0.4, -0.2) is 39.2 Å². The van der Waals surface area contributed by atoms with Crippen LogP contribution in [0.4, 0.5) is 0 Å². The van der Waals surface area contributed by atoms with Gasteiger partial charge >= 0.3 is 0 Å². The molecule has 1 N–H and O–H groups in total. The van der Waals surface area contributed by atoms with Gasteiger partial charge in [0, 0.05) is 37.5 Å². The number of carbonyl (C=O) groups is 1. The van der Waals surface area contributed by atoms with E-state index < -0.39 is 6.10 Å². The van der Waals surface area contributed by atoms with Crippen LogP contribution in [0.3, 0.4) is 0 Å². The van der Waals surface area contributed by atoms with Gasteiger partial charge in [-0.25, -0.2) is 0 Å². The maximum atomic E-state index is 12.3. The summed E-state index contributed by atoms with van der Waals surface area (Å²) in [6.07, 6.45) is 0.971. The Balaban J connectivity index is 3.02. The highest BCUT2D eigenvalue weighted by Crippen LogP contribution is 2.07. The van der Waals surface area contributed by atoms with E-state index in [0.717, 1.165) is 0 Å². The maximum Gasteiger partial charge on any atom is 0.254 e. The standard InChI is InChI=1S/C13H20N2O3/c1-9(2)15(8-10(3)16)13(18)11-5-6-14(4)12(17)7-11/h5-7,9-10,16H,8H2,1-4H3. The molecule has 0 spiro atoms. The van der Waals surface area contributed by atoms with Crippen LogP contribution in [0.5, 0.6) is 0 Å². The number of aryl methyl sites for hydroxylation is 1. The normalized spacial score (nSPS) is 12.6. The zero-order valence-electron chi connectivity index (χ0n) is 11.3. The monoisotopic (exact) mass is 252 g/mol. The summed E-state index contributed by atoms with van der Waals surface area (Å²) in [4.78, 5) is 25.3. The minimum Gasteiger partial charge on any atom is -0.392 e. The zero-order valence-corrected chi connectivity index (χ0v) is 11.3. The third kappa shape index (κ3) is 3.43.